The van der Waals surface area contributed by atoms with E-state index >= 15 is 0 Å². The maximum atomic E-state index is 13.4. The number of ether oxygens (including phenoxy) is 2. The molecule has 2 aromatic rings. The second-order valence-electron chi connectivity index (χ2n) is 15.1. The van der Waals surface area contributed by atoms with Crippen LogP contribution < -0.4 is 0 Å². The molecular formula is C34H42O4S. The number of aliphatic hydroxyl groups is 1. The van der Waals surface area contributed by atoms with Gasteiger partial charge in [0.05, 0.1) is 18.8 Å². The van der Waals surface area contributed by atoms with Crippen LogP contribution in [0, 0.1) is 34.0 Å². The first kappa shape index (κ1) is 25.2. The monoisotopic (exact) mass is 546 g/mol. The van der Waals surface area contributed by atoms with Crippen molar-refractivity contribution in [3.05, 3.63) is 46.8 Å². The number of carbonyl (C=O) groups excluding carboxylic acids is 1. The van der Waals surface area contributed by atoms with Crippen molar-refractivity contribution < 1.29 is 19.4 Å². The molecule has 39 heavy (non-hydrogen) atoms. The van der Waals surface area contributed by atoms with Crippen molar-refractivity contribution in [2.24, 2.45) is 34.0 Å². The summed E-state index contributed by atoms with van der Waals surface area (Å²) in [5.74, 6) is 1.52. The van der Waals surface area contributed by atoms with Crippen LogP contribution in [0.4, 0.5) is 0 Å². The summed E-state index contributed by atoms with van der Waals surface area (Å²) in [7, 11) is 0. The molecule has 7 atom stereocenters. The molecule has 2 heterocycles. The fourth-order valence-corrected chi connectivity index (χ4v) is 11.4. The molecule has 5 fully saturated rings. The van der Waals surface area contributed by atoms with Gasteiger partial charge in [0.15, 0.2) is 5.79 Å². The first-order chi connectivity index (χ1) is 18.6. The zero-order valence-corrected chi connectivity index (χ0v) is 24.4. The Morgan fingerprint density at radius 2 is 1.85 bits per heavy atom. The number of hydrogen-bond donors (Lipinski definition) is 1. The van der Waals surface area contributed by atoms with E-state index in [1.165, 1.54) is 21.6 Å². The maximum absolute atomic E-state index is 13.4. The highest BCUT2D eigenvalue weighted by molar-refractivity contribution is 7.13. The Balaban J connectivity index is 1.25. The Kier molecular flexibility index (Phi) is 5.21. The van der Waals surface area contributed by atoms with Crippen molar-refractivity contribution in [1.82, 2.24) is 0 Å². The van der Waals surface area contributed by atoms with Gasteiger partial charge < -0.3 is 14.6 Å². The van der Waals surface area contributed by atoms with Crippen molar-refractivity contribution in [2.75, 3.05) is 13.2 Å². The lowest BCUT2D eigenvalue weighted by atomic mass is 9.37. The van der Waals surface area contributed by atoms with Gasteiger partial charge in [0, 0.05) is 40.4 Å². The van der Waals surface area contributed by atoms with Crippen LogP contribution >= 0.6 is 11.3 Å². The van der Waals surface area contributed by atoms with Crippen LogP contribution in [0.15, 0.2) is 35.7 Å². The summed E-state index contributed by atoms with van der Waals surface area (Å²) in [6.45, 7) is 8.03. The van der Waals surface area contributed by atoms with Gasteiger partial charge in [-0.3, -0.25) is 4.79 Å². The fourth-order valence-electron chi connectivity index (χ4n) is 10.6. The predicted molar refractivity (Wildman–Crippen MR) is 153 cm³/mol. The molecule has 1 aromatic heterocycles. The highest BCUT2D eigenvalue weighted by Crippen LogP contribution is 2.73. The summed E-state index contributed by atoms with van der Waals surface area (Å²) in [5, 5.41) is 15.0. The molecule has 2 unspecified atom stereocenters. The summed E-state index contributed by atoms with van der Waals surface area (Å²) >= 11 is 1.79. The molecular weight excluding hydrogens is 504 g/mol. The molecule has 5 aliphatic carbocycles. The van der Waals surface area contributed by atoms with Crippen molar-refractivity contribution in [1.29, 1.82) is 0 Å². The molecule has 1 aromatic carbocycles. The maximum Gasteiger partial charge on any atom is 0.171 e. The lowest BCUT2D eigenvalue weighted by Gasteiger charge is -2.69. The Morgan fingerprint density at radius 3 is 2.62 bits per heavy atom. The zero-order valence-electron chi connectivity index (χ0n) is 23.6. The normalized spacial score (nSPS) is 43.3. The lowest BCUT2D eigenvalue weighted by Crippen LogP contribution is -2.70. The molecule has 2 spiro atoms. The van der Waals surface area contributed by atoms with Crippen LogP contribution in [0.5, 0.6) is 0 Å². The van der Waals surface area contributed by atoms with Gasteiger partial charge in [0.2, 0.25) is 0 Å². The van der Waals surface area contributed by atoms with E-state index in [4.69, 9.17) is 9.47 Å². The van der Waals surface area contributed by atoms with Crippen LogP contribution in [0.3, 0.4) is 0 Å². The highest BCUT2D eigenvalue weighted by Gasteiger charge is 2.72. The molecule has 208 valence electrons. The summed E-state index contributed by atoms with van der Waals surface area (Å²) in [6.07, 6.45) is 7.79. The van der Waals surface area contributed by atoms with Gasteiger partial charge in [-0.15, -0.1) is 11.3 Å². The molecule has 4 nitrogen and oxygen atoms in total. The van der Waals surface area contributed by atoms with E-state index in [0.29, 0.717) is 49.1 Å². The third kappa shape index (κ3) is 3.37. The Labute approximate surface area is 236 Å². The van der Waals surface area contributed by atoms with Crippen LogP contribution in [0.1, 0.15) is 89.2 Å². The number of carbonyl (C=O) groups is 1. The van der Waals surface area contributed by atoms with Crippen molar-refractivity contribution in [3.63, 3.8) is 0 Å². The van der Waals surface area contributed by atoms with Crippen molar-refractivity contribution in [3.8, 4) is 10.4 Å². The van der Waals surface area contributed by atoms with Crippen LogP contribution in [0.25, 0.3) is 10.4 Å². The van der Waals surface area contributed by atoms with Crippen molar-refractivity contribution >= 4 is 17.1 Å². The Morgan fingerprint density at radius 1 is 1.03 bits per heavy atom. The van der Waals surface area contributed by atoms with E-state index in [1.807, 2.05) is 0 Å². The molecule has 1 aliphatic heterocycles. The minimum atomic E-state index is -0.820. The van der Waals surface area contributed by atoms with Crippen LogP contribution in [0.2, 0.25) is 0 Å². The molecule has 8 rings (SSSR count). The second-order valence-corrected chi connectivity index (χ2v) is 16.1. The Bertz CT molecular complexity index is 1320. The van der Waals surface area contributed by atoms with E-state index in [9.17, 15) is 9.90 Å². The average molecular weight is 547 g/mol. The van der Waals surface area contributed by atoms with Gasteiger partial charge >= 0.3 is 0 Å². The molecule has 4 saturated carbocycles. The molecule has 0 radical (unpaired) electrons. The highest BCUT2D eigenvalue weighted by atomic mass is 32.1. The predicted octanol–water partition coefficient (Wildman–Crippen LogP) is 7.14. The Hall–Kier alpha value is -1.53. The molecule has 0 bridgehead atoms. The number of Topliss-reactive ketones (excluding diaryl/α,β-unsaturated/α-hetero) is 1. The van der Waals surface area contributed by atoms with E-state index in [1.54, 1.807) is 11.3 Å². The zero-order chi connectivity index (χ0) is 26.8. The number of hydrogen-bond acceptors (Lipinski definition) is 5. The van der Waals surface area contributed by atoms with Gasteiger partial charge in [-0.25, -0.2) is 0 Å². The van der Waals surface area contributed by atoms with E-state index in [2.05, 4.69) is 56.5 Å². The third-order valence-corrected chi connectivity index (χ3v) is 13.4. The summed E-state index contributed by atoms with van der Waals surface area (Å²) in [5.41, 5.74) is 2.90. The van der Waals surface area contributed by atoms with E-state index < -0.39 is 11.4 Å². The van der Waals surface area contributed by atoms with Gasteiger partial charge in [0.25, 0.3) is 0 Å². The standard InChI is InChI=1S/C34H42O4S/c1-30(2)19-37-34(38-20-30)13-12-32-16-22-15-21(27-5-4-14-39-27)6-7-23(22)25-17-31(3)26(8-9-28(31)35)24(29(25)32)10-11-33(32,36)18-34/h4-7,14-15,24-26,29,36H,8-13,16-20H2,1-3H3/t24-,25?,26-,29?,31-,32-,33+/m0/s1. The quantitative estimate of drug-likeness (QED) is 0.413. The summed E-state index contributed by atoms with van der Waals surface area (Å²) < 4.78 is 13.0. The number of fused-ring (bicyclic) bond motifs is 4. The molecule has 6 aliphatic rings. The summed E-state index contributed by atoms with van der Waals surface area (Å²) in [4.78, 5) is 14.7. The van der Waals surface area contributed by atoms with Crippen molar-refractivity contribution in [2.45, 2.75) is 95.9 Å². The van der Waals surface area contributed by atoms with Gasteiger partial charge in [-0.05, 0) is 90.3 Å². The largest absolute Gasteiger partial charge is 0.389 e. The molecule has 5 heteroatoms. The first-order valence-electron chi connectivity index (χ1n) is 15.3. The van der Waals surface area contributed by atoms with E-state index in [0.717, 1.165) is 51.4 Å². The topological polar surface area (TPSA) is 55.8 Å². The van der Waals surface area contributed by atoms with Gasteiger partial charge in [-0.1, -0.05) is 45.0 Å². The van der Waals surface area contributed by atoms with E-state index in [-0.39, 0.29) is 16.2 Å². The number of ketones is 1. The molecule has 1 saturated heterocycles. The SMILES string of the molecule is CC1(C)COC2(CC[C@@]34Cc5cc(-c6cccs6)ccc5C5C[C@]6(C)C(=O)CC[C@H]6[C@H](CC[C@@]3(O)C2)C54)OC1. The van der Waals surface area contributed by atoms with Crippen LogP contribution in [-0.4, -0.2) is 35.5 Å². The van der Waals surface area contributed by atoms with Crippen LogP contribution in [-0.2, 0) is 20.7 Å². The molecule has 0 amide bonds. The summed E-state index contributed by atoms with van der Waals surface area (Å²) in [6, 6.07) is 11.4. The fraction of sp³-hybridized carbons (Fsp3) is 0.676. The van der Waals surface area contributed by atoms with Gasteiger partial charge in [-0.2, -0.15) is 0 Å². The smallest absolute Gasteiger partial charge is 0.171 e. The number of thiophene rings is 1. The molecule has 1 N–H and O–H groups in total. The minimum absolute atomic E-state index is 0.0105. The lowest BCUT2D eigenvalue weighted by molar-refractivity contribution is -0.357. The third-order valence-electron chi connectivity index (χ3n) is 12.5. The van der Waals surface area contributed by atoms with Gasteiger partial charge in [0.1, 0.15) is 5.78 Å². The second kappa shape index (κ2) is 8.06. The average Bonchev–Trinajstić information content (AvgIpc) is 3.55. The number of rotatable bonds is 1. The number of benzene rings is 1. The minimum Gasteiger partial charge on any atom is -0.389 e. The first-order valence-corrected chi connectivity index (χ1v) is 16.2.